The summed E-state index contributed by atoms with van der Waals surface area (Å²) in [6.07, 6.45) is 0. The van der Waals surface area contributed by atoms with Gasteiger partial charge in [-0.1, -0.05) is 49.0 Å². The number of carbonyl (C=O) groups excluding carboxylic acids is 3. The third-order valence-corrected chi connectivity index (χ3v) is 7.06. The van der Waals surface area contributed by atoms with E-state index in [4.69, 9.17) is 0 Å². The standard InChI is InChI=1S/C19H23NO5S2/c1-11(17(23)20-14(18(24)25)10-26-19(20,3)4)16(27-12(2)21)15(22)13-8-6-5-7-9-13/h5-9,11,14,16H,10H2,1-4H3,(H,24,25)/t11?,14-,16?/m0/s1. The fourth-order valence-electron chi connectivity index (χ4n) is 3.08. The molecule has 0 saturated carbocycles. The number of Topliss-reactive ketones (excluding diaryl/α,β-unsaturated/α-hetero) is 1. The molecule has 0 aromatic heterocycles. The first kappa shape index (κ1) is 21.5. The molecule has 6 nitrogen and oxygen atoms in total. The van der Waals surface area contributed by atoms with Crippen molar-refractivity contribution in [1.82, 2.24) is 4.90 Å². The summed E-state index contributed by atoms with van der Waals surface area (Å²) in [5, 5.41) is 8.31. The van der Waals surface area contributed by atoms with Gasteiger partial charge in [0.2, 0.25) is 5.91 Å². The first-order valence-corrected chi connectivity index (χ1v) is 10.4. The van der Waals surface area contributed by atoms with E-state index in [2.05, 4.69) is 0 Å². The van der Waals surface area contributed by atoms with Gasteiger partial charge in [-0.15, -0.1) is 11.8 Å². The van der Waals surface area contributed by atoms with Crippen molar-refractivity contribution in [2.45, 2.75) is 43.9 Å². The zero-order valence-electron chi connectivity index (χ0n) is 15.7. The number of carboxylic acids is 1. The summed E-state index contributed by atoms with van der Waals surface area (Å²) in [5.41, 5.74) is 0.417. The normalized spacial score (nSPS) is 20.7. The summed E-state index contributed by atoms with van der Waals surface area (Å²) in [6, 6.07) is 7.55. The topological polar surface area (TPSA) is 91.8 Å². The van der Waals surface area contributed by atoms with Gasteiger partial charge in [0.1, 0.15) is 6.04 Å². The lowest BCUT2D eigenvalue weighted by atomic mass is 9.96. The van der Waals surface area contributed by atoms with Crippen LogP contribution >= 0.6 is 23.5 Å². The van der Waals surface area contributed by atoms with Crippen molar-refractivity contribution in [2.24, 2.45) is 5.92 Å². The van der Waals surface area contributed by atoms with Gasteiger partial charge in [-0.05, 0) is 13.8 Å². The van der Waals surface area contributed by atoms with Gasteiger partial charge in [-0.3, -0.25) is 14.4 Å². The van der Waals surface area contributed by atoms with Gasteiger partial charge in [-0.25, -0.2) is 4.79 Å². The van der Waals surface area contributed by atoms with Crippen LogP contribution in [0.5, 0.6) is 0 Å². The van der Waals surface area contributed by atoms with Gasteiger partial charge in [0.05, 0.1) is 16.0 Å². The van der Waals surface area contributed by atoms with Gasteiger partial charge >= 0.3 is 5.97 Å². The quantitative estimate of drug-likeness (QED) is 0.722. The van der Waals surface area contributed by atoms with Crippen molar-refractivity contribution >= 4 is 46.3 Å². The summed E-state index contributed by atoms with van der Waals surface area (Å²) < 4.78 is 0. The number of aliphatic carboxylic acids is 1. The summed E-state index contributed by atoms with van der Waals surface area (Å²) in [5.74, 6) is -2.36. The Balaban J connectivity index is 2.35. The van der Waals surface area contributed by atoms with Crippen LogP contribution in [0.3, 0.4) is 0 Å². The van der Waals surface area contributed by atoms with E-state index < -0.39 is 34.0 Å². The van der Waals surface area contributed by atoms with Crippen LogP contribution in [0, 0.1) is 5.92 Å². The van der Waals surface area contributed by atoms with Gasteiger partial charge in [-0.2, -0.15) is 0 Å². The van der Waals surface area contributed by atoms with Crippen LogP contribution in [0.15, 0.2) is 30.3 Å². The Hall–Kier alpha value is -1.80. The molecular formula is C19H23NO5S2. The van der Waals surface area contributed by atoms with Crippen molar-refractivity contribution in [3.05, 3.63) is 35.9 Å². The summed E-state index contributed by atoms with van der Waals surface area (Å²) >= 11 is 2.20. The molecule has 0 spiro atoms. The number of ketones is 1. The third kappa shape index (κ3) is 4.73. The third-order valence-electron chi connectivity index (χ3n) is 4.46. The number of hydrogen-bond acceptors (Lipinski definition) is 6. The molecule has 27 heavy (non-hydrogen) atoms. The predicted octanol–water partition coefficient (Wildman–Crippen LogP) is 2.92. The second-order valence-corrected chi connectivity index (χ2v) is 9.81. The lowest BCUT2D eigenvalue weighted by Gasteiger charge is -2.36. The van der Waals surface area contributed by atoms with E-state index in [1.807, 2.05) is 0 Å². The summed E-state index contributed by atoms with van der Waals surface area (Å²) in [7, 11) is 0. The van der Waals surface area contributed by atoms with Crippen LogP contribution in [0.4, 0.5) is 0 Å². The fourth-order valence-corrected chi connectivity index (χ4v) is 5.21. The maximum Gasteiger partial charge on any atom is 0.327 e. The highest BCUT2D eigenvalue weighted by Crippen LogP contribution is 2.41. The second-order valence-electron chi connectivity index (χ2n) is 6.87. The molecule has 1 aliphatic rings. The lowest BCUT2D eigenvalue weighted by Crippen LogP contribution is -2.53. The molecule has 1 fully saturated rings. The number of hydrogen-bond donors (Lipinski definition) is 1. The molecule has 0 aliphatic carbocycles. The zero-order valence-corrected chi connectivity index (χ0v) is 17.3. The van der Waals surface area contributed by atoms with Crippen molar-refractivity contribution in [1.29, 1.82) is 0 Å². The van der Waals surface area contributed by atoms with E-state index in [0.29, 0.717) is 5.56 Å². The molecule has 146 valence electrons. The maximum atomic E-state index is 13.2. The minimum absolute atomic E-state index is 0.270. The van der Waals surface area contributed by atoms with E-state index in [0.717, 1.165) is 11.8 Å². The molecule has 1 aliphatic heterocycles. The van der Waals surface area contributed by atoms with Crippen LogP contribution in [-0.4, -0.2) is 54.7 Å². The van der Waals surface area contributed by atoms with Gasteiger partial charge in [0, 0.05) is 18.2 Å². The smallest absolute Gasteiger partial charge is 0.327 e. The van der Waals surface area contributed by atoms with Crippen LogP contribution in [-0.2, 0) is 14.4 Å². The molecule has 3 atom stereocenters. The number of rotatable bonds is 6. The molecule has 1 amide bonds. The van der Waals surface area contributed by atoms with Crippen LogP contribution in [0.25, 0.3) is 0 Å². The molecule has 1 heterocycles. The number of benzene rings is 1. The minimum Gasteiger partial charge on any atom is -0.480 e. The Labute approximate surface area is 167 Å². The highest BCUT2D eigenvalue weighted by Gasteiger charge is 2.49. The Morgan fingerprint density at radius 2 is 1.81 bits per heavy atom. The van der Waals surface area contributed by atoms with Crippen LogP contribution in [0.2, 0.25) is 0 Å². The number of carboxylic acid groups (broad SMARTS) is 1. The Morgan fingerprint density at radius 1 is 1.22 bits per heavy atom. The molecule has 0 radical (unpaired) electrons. The van der Waals surface area contributed by atoms with Crippen LogP contribution < -0.4 is 0 Å². The molecule has 0 bridgehead atoms. The molecule has 2 rings (SSSR count). The predicted molar refractivity (Wildman–Crippen MR) is 107 cm³/mol. The lowest BCUT2D eigenvalue weighted by molar-refractivity contribution is -0.152. The highest BCUT2D eigenvalue weighted by molar-refractivity contribution is 8.14. The minimum atomic E-state index is -1.07. The second kappa shape index (κ2) is 8.48. The fraction of sp³-hybridized carbons (Fsp3) is 0.474. The first-order chi connectivity index (χ1) is 12.6. The maximum absolute atomic E-state index is 13.2. The Kier molecular flexibility index (Phi) is 6.75. The zero-order chi connectivity index (χ0) is 20.4. The van der Waals surface area contributed by atoms with Crippen molar-refractivity contribution < 1.29 is 24.3 Å². The van der Waals surface area contributed by atoms with E-state index in [9.17, 15) is 24.3 Å². The molecule has 2 unspecified atom stereocenters. The number of thioether (sulfide) groups is 2. The number of carbonyl (C=O) groups is 4. The van der Waals surface area contributed by atoms with Crippen LogP contribution in [0.1, 0.15) is 38.1 Å². The molecule has 1 aromatic rings. The average Bonchev–Trinajstić information content (AvgIpc) is 2.93. The largest absolute Gasteiger partial charge is 0.480 e. The van der Waals surface area contributed by atoms with Crippen molar-refractivity contribution in [3.63, 3.8) is 0 Å². The molecule has 1 aromatic carbocycles. The van der Waals surface area contributed by atoms with E-state index in [1.165, 1.54) is 23.6 Å². The van der Waals surface area contributed by atoms with E-state index in [-0.39, 0.29) is 16.7 Å². The summed E-state index contributed by atoms with van der Waals surface area (Å²) in [6.45, 7) is 6.51. The first-order valence-electron chi connectivity index (χ1n) is 8.52. The van der Waals surface area contributed by atoms with Crippen molar-refractivity contribution in [2.75, 3.05) is 5.75 Å². The molecule has 1 N–H and O–H groups in total. The highest BCUT2D eigenvalue weighted by atomic mass is 32.2. The average molecular weight is 410 g/mol. The number of nitrogens with zero attached hydrogens (tertiary/aromatic N) is 1. The summed E-state index contributed by atoms with van der Waals surface area (Å²) in [4.78, 5) is 50.1. The number of amides is 1. The SMILES string of the molecule is CC(=O)SC(C(=O)c1ccccc1)C(C)C(=O)N1[C@H](C(=O)O)CSC1(C)C. The molecular weight excluding hydrogens is 386 g/mol. The van der Waals surface area contributed by atoms with E-state index in [1.54, 1.807) is 51.1 Å². The van der Waals surface area contributed by atoms with Gasteiger partial charge < -0.3 is 10.0 Å². The van der Waals surface area contributed by atoms with E-state index >= 15 is 0 Å². The molecule has 1 saturated heterocycles. The monoisotopic (exact) mass is 409 g/mol. The Morgan fingerprint density at radius 3 is 2.33 bits per heavy atom. The van der Waals surface area contributed by atoms with Gasteiger partial charge in [0.25, 0.3) is 0 Å². The Bertz CT molecular complexity index is 750. The van der Waals surface area contributed by atoms with Crippen molar-refractivity contribution in [3.8, 4) is 0 Å². The molecule has 8 heteroatoms. The van der Waals surface area contributed by atoms with Gasteiger partial charge in [0.15, 0.2) is 10.9 Å².